The van der Waals surface area contributed by atoms with Crippen LogP contribution in [0.15, 0.2) is 24.3 Å². The normalized spacial score (nSPS) is 18.0. The molecule has 1 saturated carbocycles. The fourth-order valence-electron chi connectivity index (χ4n) is 2.55. The van der Waals surface area contributed by atoms with Gasteiger partial charge in [0.05, 0.1) is 0 Å². The van der Waals surface area contributed by atoms with Crippen LogP contribution in [-0.4, -0.2) is 12.0 Å². The Morgan fingerprint density at radius 1 is 1.32 bits per heavy atom. The summed E-state index contributed by atoms with van der Waals surface area (Å²) in [5, 5.41) is 0.613. The third-order valence-electron chi connectivity index (χ3n) is 3.76. The summed E-state index contributed by atoms with van der Waals surface area (Å²) in [6.45, 7) is 0.193. The standard InChI is InChI=1S/C15H20ClNO2/c16-13-9-5-4-8-12(13)10-19-15(18)14(17)11-6-2-1-3-7-11/h4-5,8-9,11,14H,1-3,6-7,10,17H2. The molecular formula is C15H20ClNO2. The first kappa shape index (κ1) is 14.4. The van der Waals surface area contributed by atoms with Crippen molar-refractivity contribution in [3.05, 3.63) is 34.9 Å². The second kappa shape index (κ2) is 6.92. The Hall–Kier alpha value is -1.06. The number of benzene rings is 1. The number of rotatable bonds is 4. The quantitative estimate of drug-likeness (QED) is 0.862. The second-order valence-electron chi connectivity index (χ2n) is 5.12. The molecule has 1 aromatic rings. The minimum Gasteiger partial charge on any atom is -0.460 e. The second-order valence-corrected chi connectivity index (χ2v) is 5.53. The first-order valence-corrected chi connectivity index (χ1v) is 7.22. The molecule has 2 N–H and O–H groups in total. The van der Waals surface area contributed by atoms with Crippen molar-refractivity contribution in [1.82, 2.24) is 0 Å². The summed E-state index contributed by atoms with van der Waals surface area (Å²) in [5.41, 5.74) is 6.80. The summed E-state index contributed by atoms with van der Waals surface area (Å²) in [6, 6.07) is 6.85. The van der Waals surface area contributed by atoms with E-state index in [2.05, 4.69) is 0 Å². The Kier molecular flexibility index (Phi) is 5.23. The van der Waals surface area contributed by atoms with Gasteiger partial charge in [-0.2, -0.15) is 0 Å². The Morgan fingerprint density at radius 2 is 2.00 bits per heavy atom. The summed E-state index contributed by atoms with van der Waals surface area (Å²) in [5.74, 6) is -0.0423. The van der Waals surface area contributed by atoms with Gasteiger partial charge in [0.1, 0.15) is 12.6 Å². The molecule has 1 unspecified atom stereocenters. The molecule has 4 heteroatoms. The highest BCUT2D eigenvalue weighted by Gasteiger charge is 2.27. The molecule has 1 aliphatic carbocycles. The Bertz CT molecular complexity index is 430. The molecule has 0 saturated heterocycles. The van der Waals surface area contributed by atoms with Gasteiger partial charge < -0.3 is 10.5 Å². The predicted molar refractivity (Wildman–Crippen MR) is 75.8 cm³/mol. The molecule has 2 rings (SSSR count). The molecule has 0 aliphatic heterocycles. The van der Waals surface area contributed by atoms with E-state index in [-0.39, 0.29) is 18.5 Å². The van der Waals surface area contributed by atoms with Crippen LogP contribution >= 0.6 is 11.6 Å². The van der Waals surface area contributed by atoms with E-state index < -0.39 is 6.04 Å². The van der Waals surface area contributed by atoms with Gasteiger partial charge in [-0.05, 0) is 24.8 Å². The van der Waals surface area contributed by atoms with E-state index in [9.17, 15) is 4.79 Å². The highest BCUT2D eigenvalue weighted by molar-refractivity contribution is 6.31. The van der Waals surface area contributed by atoms with Crippen LogP contribution in [0.25, 0.3) is 0 Å². The van der Waals surface area contributed by atoms with Crippen LogP contribution in [-0.2, 0) is 16.1 Å². The summed E-state index contributed by atoms with van der Waals surface area (Å²) in [6.07, 6.45) is 5.63. The first-order valence-electron chi connectivity index (χ1n) is 6.84. The molecular weight excluding hydrogens is 262 g/mol. The van der Waals surface area contributed by atoms with E-state index >= 15 is 0 Å². The molecule has 0 spiro atoms. The van der Waals surface area contributed by atoms with Gasteiger partial charge in [-0.3, -0.25) is 4.79 Å². The number of carbonyl (C=O) groups is 1. The van der Waals surface area contributed by atoms with Crippen molar-refractivity contribution in [2.45, 2.75) is 44.8 Å². The van der Waals surface area contributed by atoms with Crippen LogP contribution in [0.5, 0.6) is 0 Å². The summed E-state index contributed by atoms with van der Waals surface area (Å²) >= 11 is 6.01. The maximum Gasteiger partial charge on any atom is 0.323 e. The number of carbonyl (C=O) groups excluding carboxylic acids is 1. The van der Waals surface area contributed by atoms with Gasteiger partial charge in [0.15, 0.2) is 0 Å². The van der Waals surface area contributed by atoms with Crippen molar-refractivity contribution >= 4 is 17.6 Å². The molecule has 0 amide bonds. The number of ether oxygens (including phenoxy) is 1. The van der Waals surface area contributed by atoms with Crippen LogP contribution in [0.4, 0.5) is 0 Å². The highest BCUT2D eigenvalue weighted by Crippen LogP contribution is 2.26. The average Bonchev–Trinajstić information content (AvgIpc) is 2.46. The van der Waals surface area contributed by atoms with Crippen LogP contribution in [0.3, 0.4) is 0 Å². The molecule has 3 nitrogen and oxygen atoms in total. The maximum absolute atomic E-state index is 11.9. The first-order chi connectivity index (χ1) is 9.18. The van der Waals surface area contributed by atoms with Crippen LogP contribution in [0.2, 0.25) is 5.02 Å². The van der Waals surface area contributed by atoms with Gasteiger partial charge in [-0.25, -0.2) is 0 Å². The van der Waals surface area contributed by atoms with Crippen LogP contribution in [0.1, 0.15) is 37.7 Å². The topological polar surface area (TPSA) is 52.3 Å². The molecule has 19 heavy (non-hydrogen) atoms. The van der Waals surface area contributed by atoms with Gasteiger partial charge in [0, 0.05) is 10.6 Å². The number of halogens is 1. The summed E-state index contributed by atoms with van der Waals surface area (Å²) in [4.78, 5) is 11.9. The van der Waals surface area contributed by atoms with Gasteiger partial charge in [0.25, 0.3) is 0 Å². The number of esters is 1. The zero-order valence-electron chi connectivity index (χ0n) is 11.0. The van der Waals surface area contributed by atoms with Crippen molar-refractivity contribution in [1.29, 1.82) is 0 Å². The lowest BCUT2D eigenvalue weighted by Gasteiger charge is -2.26. The van der Waals surface area contributed by atoms with E-state index in [4.69, 9.17) is 22.1 Å². The Labute approximate surface area is 119 Å². The monoisotopic (exact) mass is 281 g/mol. The molecule has 0 radical (unpaired) electrons. The maximum atomic E-state index is 11.9. The van der Waals surface area contributed by atoms with Crippen LogP contribution < -0.4 is 5.73 Å². The van der Waals surface area contributed by atoms with Gasteiger partial charge in [-0.1, -0.05) is 49.1 Å². The number of nitrogens with two attached hydrogens (primary N) is 1. The lowest BCUT2D eigenvalue weighted by Crippen LogP contribution is -2.40. The Morgan fingerprint density at radius 3 is 2.68 bits per heavy atom. The molecule has 0 aromatic heterocycles. The van der Waals surface area contributed by atoms with E-state index in [1.54, 1.807) is 6.07 Å². The SMILES string of the molecule is NC(C(=O)OCc1ccccc1Cl)C1CCCCC1. The summed E-state index contributed by atoms with van der Waals surface area (Å²) < 4.78 is 5.28. The molecule has 104 valence electrons. The predicted octanol–water partition coefficient (Wildman–Crippen LogP) is 3.29. The largest absolute Gasteiger partial charge is 0.460 e. The highest BCUT2D eigenvalue weighted by atomic mass is 35.5. The van der Waals surface area contributed by atoms with E-state index in [1.807, 2.05) is 18.2 Å². The lowest BCUT2D eigenvalue weighted by atomic mass is 9.84. The Balaban J connectivity index is 1.85. The van der Waals surface area contributed by atoms with Crippen molar-refractivity contribution < 1.29 is 9.53 Å². The average molecular weight is 282 g/mol. The van der Waals surface area contributed by atoms with Crippen molar-refractivity contribution in [2.24, 2.45) is 11.7 Å². The number of hydrogen-bond donors (Lipinski definition) is 1. The fraction of sp³-hybridized carbons (Fsp3) is 0.533. The van der Waals surface area contributed by atoms with Gasteiger partial charge in [0.2, 0.25) is 0 Å². The minimum atomic E-state index is -0.497. The fourth-order valence-corrected chi connectivity index (χ4v) is 2.74. The van der Waals surface area contributed by atoms with Crippen molar-refractivity contribution in [2.75, 3.05) is 0 Å². The molecule has 1 aliphatic rings. The minimum absolute atomic E-state index is 0.193. The molecule has 1 fully saturated rings. The van der Waals surface area contributed by atoms with Gasteiger partial charge >= 0.3 is 5.97 Å². The van der Waals surface area contributed by atoms with Crippen molar-refractivity contribution in [3.63, 3.8) is 0 Å². The van der Waals surface area contributed by atoms with Gasteiger partial charge in [-0.15, -0.1) is 0 Å². The molecule has 0 heterocycles. The lowest BCUT2D eigenvalue weighted by molar-refractivity contribution is -0.148. The summed E-state index contributed by atoms with van der Waals surface area (Å²) in [7, 11) is 0. The van der Waals surface area contributed by atoms with E-state index in [0.717, 1.165) is 31.2 Å². The zero-order valence-corrected chi connectivity index (χ0v) is 11.7. The van der Waals surface area contributed by atoms with E-state index in [1.165, 1.54) is 6.42 Å². The smallest absolute Gasteiger partial charge is 0.323 e. The third kappa shape index (κ3) is 3.95. The van der Waals surface area contributed by atoms with E-state index in [0.29, 0.717) is 5.02 Å². The molecule has 0 bridgehead atoms. The molecule has 1 atom stereocenters. The zero-order chi connectivity index (χ0) is 13.7. The molecule has 1 aromatic carbocycles. The number of hydrogen-bond acceptors (Lipinski definition) is 3. The third-order valence-corrected chi connectivity index (χ3v) is 4.13. The van der Waals surface area contributed by atoms with Crippen LogP contribution in [0, 0.1) is 5.92 Å². The van der Waals surface area contributed by atoms with Crippen molar-refractivity contribution in [3.8, 4) is 0 Å².